The summed E-state index contributed by atoms with van der Waals surface area (Å²) in [6, 6.07) is 2.82. The normalized spacial score (nSPS) is 12.1. The zero-order valence-corrected chi connectivity index (χ0v) is 14.3. The molecule has 0 radical (unpaired) electrons. The van der Waals surface area contributed by atoms with Crippen LogP contribution in [0.3, 0.4) is 0 Å². The highest BCUT2D eigenvalue weighted by Gasteiger charge is 2.17. The monoisotopic (exact) mass is 336 g/mol. The van der Waals surface area contributed by atoms with Gasteiger partial charge < -0.3 is 10.6 Å². The van der Waals surface area contributed by atoms with Crippen LogP contribution >= 0.6 is 0 Å². The minimum absolute atomic E-state index is 0.190. The molecule has 0 saturated heterocycles. The number of hydrogen-bond acceptors (Lipinski definition) is 2. The van der Waals surface area contributed by atoms with E-state index in [9.17, 15) is 13.6 Å². The van der Waals surface area contributed by atoms with Crippen LogP contribution in [-0.2, 0) is 13.5 Å². The number of benzene rings is 1. The number of urea groups is 1. The molecule has 24 heavy (non-hydrogen) atoms. The Labute approximate surface area is 140 Å². The number of nitrogens with one attached hydrogen (secondary N) is 2. The lowest BCUT2D eigenvalue weighted by atomic mass is 10.1. The molecule has 0 aliphatic rings. The zero-order valence-electron chi connectivity index (χ0n) is 14.3. The van der Waals surface area contributed by atoms with Crippen LogP contribution in [0.2, 0.25) is 0 Å². The fraction of sp³-hybridized carbons (Fsp3) is 0.412. The highest BCUT2D eigenvalue weighted by Crippen LogP contribution is 2.20. The number of aryl methyl sites for hydroxylation is 2. The fourth-order valence-corrected chi connectivity index (χ4v) is 2.81. The minimum atomic E-state index is -0.620. The third kappa shape index (κ3) is 4.31. The first kappa shape index (κ1) is 17.9. The van der Waals surface area contributed by atoms with Gasteiger partial charge in [-0.2, -0.15) is 5.10 Å². The molecule has 130 valence electrons. The van der Waals surface area contributed by atoms with E-state index in [0.717, 1.165) is 23.0 Å². The Balaban J connectivity index is 1.87. The molecule has 0 aliphatic carbocycles. The van der Waals surface area contributed by atoms with E-state index in [0.29, 0.717) is 12.0 Å². The second-order valence-corrected chi connectivity index (χ2v) is 5.86. The van der Waals surface area contributed by atoms with Crippen molar-refractivity contribution in [3.8, 4) is 0 Å². The summed E-state index contributed by atoms with van der Waals surface area (Å²) in [7, 11) is 1.86. The summed E-state index contributed by atoms with van der Waals surface area (Å²) < 4.78 is 28.0. The number of carbonyl (C=O) groups is 1. The first-order valence-corrected chi connectivity index (χ1v) is 7.77. The first-order valence-electron chi connectivity index (χ1n) is 7.77. The molecule has 2 rings (SSSR count). The summed E-state index contributed by atoms with van der Waals surface area (Å²) in [4.78, 5) is 12.0. The summed E-state index contributed by atoms with van der Waals surface area (Å²) in [5, 5.41) is 9.87. The third-order valence-electron chi connectivity index (χ3n) is 3.97. The van der Waals surface area contributed by atoms with E-state index < -0.39 is 11.6 Å². The molecular weight excluding hydrogens is 314 g/mol. The molecule has 2 amide bonds. The van der Waals surface area contributed by atoms with Crippen LogP contribution in [-0.4, -0.2) is 22.4 Å². The Morgan fingerprint density at radius 3 is 2.42 bits per heavy atom. The van der Waals surface area contributed by atoms with Gasteiger partial charge in [-0.15, -0.1) is 0 Å². The van der Waals surface area contributed by atoms with Crippen molar-refractivity contribution in [2.75, 3.05) is 6.54 Å². The first-order chi connectivity index (χ1) is 11.3. The molecule has 0 saturated carbocycles. The molecule has 1 aromatic carbocycles. The van der Waals surface area contributed by atoms with Crippen molar-refractivity contribution in [1.29, 1.82) is 0 Å². The maximum absolute atomic E-state index is 13.1. The quantitative estimate of drug-likeness (QED) is 0.882. The smallest absolute Gasteiger partial charge is 0.315 e. The summed E-state index contributed by atoms with van der Waals surface area (Å²) in [5.41, 5.74) is 3.35. The topological polar surface area (TPSA) is 59.0 Å². The van der Waals surface area contributed by atoms with Crippen molar-refractivity contribution in [1.82, 2.24) is 20.4 Å². The predicted octanol–water partition coefficient (Wildman–Crippen LogP) is 2.92. The van der Waals surface area contributed by atoms with Gasteiger partial charge in [-0.3, -0.25) is 4.68 Å². The lowest BCUT2D eigenvalue weighted by molar-refractivity contribution is 0.238. The van der Waals surface area contributed by atoms with E-state index in [1.165, 1.54) is 12.1 Å². The Kier molecular flexibility index (Phi) is 5.54. The molecule has 5 nitrogen and oxygen atoms in total. The maximum Gasteiger partial charge on any atom is 0.315 e. The Morgan fingerprint density at radius 1 is 1.25 bits per heavy atom. The summed E-state index contributed by atoms with van der Waals surface area (Å²) in [6.07, 6.45) is 0.349. The molecule has 1 heterocycles. The number of rotatable bonds is 5. The molecule has 0 aliphatic heterocycles. The molecule has 1 atom stereocenters. The van der Waals surface area contributed by atoms with E-state index in [4.69, 9.17) is 0 Å². The number of hydrogen-bond donors (Lipinski definition) is 2. The highest BCUT2D eigenvalue weighted by molar-refractivity contribution is 5.74. The molecule has 0 bridgehead atoms. The maximum atomic E-state index is 13.1. The van der Waals surface area contributed by atoms with Crippen LogP contribution in [0.15, 0.2) is 18.2 Å². The van der Waals surface area contributed by atoms with Crippen molar-refractivity contribution in [2.24, 2.45) is 7.05 Å². The molecule has 2 N–H and O–H groups in total. The zero-order chi connectivity index (χ0) is 17.9. The van der Waals surface area contributed by atoms with E-state index in [1.54, 1.807) is 4.68 Å². The van der Waals surface area contributed by atoms with Crippen LogP contribution in [0.25, 0.3) is 0 Å². The van der Waals surface area contributed by atoms with E-state index in [-0.39, 0.29) is 18.6 Å². The largest absolute Gasteiger partial charge is 0.338 e. The Bertz CT molecular complexity index is 722. The van der Waals surface area contributed by atoms with Crippen molar-refractivity contribution < 1.29 is 13.6 Å². The van der Waals surface area contributed by atoms with Crippen molar-refractivity contribution in [3.05, 3.63) is 52.3 Å². The van der Waals surface area contributed by atoms with Gasteiger partial charge in [0.2, 0.25) is 0 Å². The SMILES string of the molecule is Cc1nn(C)c(C)c1[C@H](C)NC(=O)NCCc1cc(F)cc(F)c1. The average molecular weight is 336 g/mol. The number of carbonyl (C=O) groups excluding carboxylic acids is 1. The lowest BCUT2D eigenvalue weighted by Crippen LogP contribution is -2.38. The van der Waals surface area contributed by atoms with Crippen LogP contribution in [0.5, 0.6) is 0 Å². The van der Waals surface area contributed by atoms with Gasteiger partial charge in [0.25, 0.3) is 0 Å². The molecule has 0 unspecified atom stereocenters. The lowest BCUT2D eigenvalue weighted by Gasteiger charge is -2.15. The van der Waals surface area contributed by atoms with Gasteiger partial charge in [-0.25, -0.2) is 13.6 Å². The molecular formula is C17H22F2N4O. The van der Waals surface area contributed by atoms with Crippen molar-refractivity contribution >= 4 is 6.03 Å². The summed E-state index contributed by atoms with van der Waals surface area (Å²) in [6.45, 7) is 6.02. The van der Waals surface area contributed by atoms with Gasteiger partial charge in [-0.05, 0) is 44.9 Å². The predicted molar refractivity (Wildman–Crippen MR) is 87.7 cm³/mol. The second kappa shape index (κ2) is 7.42. The molecule has 1 aromatic heterocycles. The molecule has 2 aromatic rings. The number of amides is 2. The average Bonchev–Trinajstić information content (AvgIpc) is 2.70. The minimum Gasteiger partial charge on any atom is -0.338 e. The Hall–Kier alpha value is -2.44. The molecule has 0 fully saturated rings. The summed E-state index contributed by atoms with van der Waals surface area (Å²) >= 11 is 0. The van der Waals surface area contributed by atoms with E-state index in [2.05, 4.69) is 15.7 Å². The standard InChI is InChI=1S/C17H22F2N4O/c1-10(16-11(2)22-23(4)12(16)3)21-17(24)20-6-5-13-7-14(18)9-15(19)8-13/h7-10H,5-6H2,1-4H3,(H2,20,21,24)/t10-/m0/s1. The summed E-state index contributed by atoms with van der Waals surface area (Å²) in [5.74, 6) is -1.24. The number of halogens is 2. The van der Waals surface area contributed by atoms with Crippen LogP contribution < -0.4 is 10.6 Å². The van der Waals surface area contributed by atoms with Gasteiger partial charge in [-0.1, -0.05) is 0 Å². The fourth-order valence-electron chi connectivity index (χ4n) is 2.81. The van der Waals surface area contributed by atoms with Crippen LogP contribution in [0, 0.1) is 25.5 Å². The van der Waals surface area contributed by atoms with Gasteiger partial charge in [0.05, 0.1) is 11.7 Å². The highest BCUT2D eigenvalue weighted by atomic mass is 19.1. The van der Waals surface area contributed by atoms with Gasteiger partial charge >= 0.3 is 6.03 Å². The second-order valence-electron chi connectivity index (χ2n) is 5.86. The molecule has 0 spiro atoms. The van der Waals surface area contributed by atoms with Gasteiger partial charge in [0, 0.05) is 30.9 Å². The molecule has 7 heteroatoms. The number of nitrogens with zero attached hydrogens (tertiary/aromatic N) is 2. The van der Waals surface area contributed by atoms with Gasteiger partial charge in [0.1, 0.15) is 11.6 Å². The van der Waals surface area contributed by atoms with E-state index in [1.807, 2.05) is 27.8 Å². The number of aromatic nitrogens is 2. The van der Waals surface area contributed by atoms with Crippen molar-refractivity contribution in [2.45, 2.75) is 33.2 Å². The van der Waals surface area contributed by atoms with Crippen molar-refractivity contribution in [3.63, 3.8) is 0 Å². The third-order valence-corrected chi connectivity index (χ3v) is 3.97. The van der Waals surface area contributed by atoms with Crippen LogP contribution in [0.4, 0.5) is 13.6 Å². The Morgan fingerprint density at radius 2 is 1.88 bits per heavy atom. The van der Waals surface area contributed by atoms with Crippen LogP contribution in [0.1, 0.15) is 35.5 Å². The van der Waals surface area contributed by atoms with Gasteiger partial charge in [0.15, 0.2) is 0 Å². The van der Waals surface area contributed by atoms with E-state index >= 15 is 0 Å².